The summed E-state index contributed by atoms with van der Waals surface area (Å²) in [5.41, 5.74) is 3.68. The van der Waals surface area contributed by atoms with Crippen LogP contribution < -0.4 is 14.4 Å². The Bertz CT molecular complexity index is 1250. The predicted molar refractivity (Wildman–Crippen MR) is 150 cm³/mol. The fourth-order valence-electron chi connectivity index (χ4n) is 3.89. The lowest BCUT2D eigenvalue weighted by Gasteiger charge is -2.24. The van der Waals surface area contributed by atoms with Gasteiger partial charge in [0, 0.05) is 6.54 Å². The number of ether oxygens (including phenoxy) is 1. The summed E-state index contributed by atoms with van der Waals surface area (Å²) in [6.45, 7) is 10.2. The summed E-state index contributed by atoms with van der Waals surface area (Å²) in [5, 5.41) is 2.88. The number of carbonyl (C=O) groups is 1. The third-order valence-corrected chi connectivity index (χ3v) is 7.79. The second kappa shape index (κ2) is 12.8. The molecule has 1 N–H and O–H groups in total. The molecule has 0 bridgehead atoms. The first-order valence-electron chi connectivity index (χ1n) is 12.8. The lowest BCUT2D eigenvalue weighted by Crippen LogP contribution is -2.41. The second-order valence-corrected chi connectivity index (χ2v) is 11.7. The zero-order valence-corrected chi connectivity index (χ0v) is 23.2. The molecule has 3 rings (SSSR count). The van der Waals surface area contributed by atoms with Crippen molar-refractivity contribution in [2.24, 2.45) is 0 Å². The first-order chi connectivity index (χ1) is 17.6. The van der Waals surface area contributed by atoms with E-state index in [0.717, 1.165) is 35.3 Å². The van der Waals surface area contributed by atoms with Crippen LogP contribution in [-0.4, -0.2) is 33.5 Å². The molecule has 7 heteroatoms. The Morgan fingerprint density at radius 3 is 2.08 bits per heavy atom. The number of hydrogen-bond donors (Lipinski definition) is 1. The quantitative estimate of drug-likeness (QED) is 0.303. The van der Waals surface area contributed by atoms with Gasteiger partial charge in [-0.05, 0) is 87.1 Å². The van der Waals surface area contributed by atoms with Crippen LogP contribution in [0.15, 0.2) is 77.7 Å². The topological polar surface area (TPSA) is 75.7 Å². The normalized spacial score (nSPS) is 11.5. The maximum Gasteiger partial charge on any atom is 0.264 e. The Morgan fingerprint density at radius 1 is 0.892 bits per heavy atom. The molecule has 1 amide bonds. The summed E-state index contributed by atoms with van der Waals surface area (Å²) in [5.74, 6) is 0.811. The van der Waals surface area contributed by atoms with Gasteiger partial charge >= 0.3 is 0 Å². The van der Waals surface area contributed by atoms with Gasteiger partial charge in [-0.3, -0.25) is 9.10 Å². The average molecular weight is 523 g/mol. The number of sulfonamides is 1. The van der Waals surface area contributed by atoms with Crippen molar-refractivity contribution >= 4 is 21.6 Å². The molecule has 198 valence electrons. The number of hydrogen-bond acceptors (Lipinski definition) is 4. The standard InChI is InChI=1S/C30H38N2O4S/c1-22(2)26-12-14-27(15-13-26)32(37(34,35)29-18-8-24(5)9-19-29)21-30(33)31-20-6-7-25-10-16-28(17-11-25)36-23(3)4/h8-19,22-23H,6-7,20-21H2,1-5H3,(H,31,33). The number of rotatable bonds is 12. The molecule has 37 heavy (non-hydrogen) atoms. The molecule has 0 heterocycles. The van der Waals surface area contributed by atoms with Crippen molar-refractivity contribution in [2.45, 2.75) is 64.4 Å². The summed E-state index contributed by atoms with van der Waals surface area (Å²) in [7, 11) is -3.92. The van der Waals surface area contributed by atoms with Crippen LogP contribution in [0.1, 0.15) is 56.7 Å². The van der Waals surface area contributed by atoms with Gasteiger partial charge in [-0.15, -0.1) is 0 Å². The van der Waals surface area contributed by atoms with Gasteiger partial charge in [0.15, 0.2) is 0 Å². The van der Waals surface area contributed by atoms with Gasteiger partial charge in [0.1, 0.15) is 12.3 Å². The Morgan fingerprint density at radius 2 is 1.51 bits per heavy atom. The summed E-state index contributed by atoms with van der Waals surface area (Å²) < 4.78 is 33.9. The van der Waals surface area contributed by atoms with E-state index in [1.54, 1.807) is 36.4 Å². The van der Waals surface area contributed by atoms with E-state index >= 15 is 0 Å². The molecule has 0 aliphatic carbocycles. The number of amides is 1. The minimum absolute atomic E-state index is 0.128. The lowest BCUT2D eigenvalue weighted by molar-refractivity contribution is -0.119. The minimum Gasteiger partial charge on any atom is -0.491 e. The van der Waals surface area contributed by atoms with Gasteiger partial charge < -0.3 is 10.1 Å². The van der Waals surface area contributed by atoms with Crippen LogP contribution >= 0.6 is 0 Å². The van der Waals surface area contributed by atoms with E-state index in [0.29, 0.717) is 18.2 Å². The first kappa shape index (κ1) is 28.3. The molecule has 3 aromatic rings. The Kier molecular flexibility index (Phi) is 9.75. The molecule has 0 spiro atoms. The number of nitrogens with zero attached hydrogens (tertiary/aromatic N) is 1. The molecular weight excluding hydrogens is 484 g/mol. The Labute approximate surface area is 221 Å². The largest absolute Gasteiger partial charge is 0.491 e. The average Bonchev–Trinajstić information content (AvgIpc) is 2.86. The number of aryl methyl sites for hydroxylation is 2. The molecule has 0 saturated heterocycles. The third-order valence-electron chi connectivity index (χ3n) is 6.00. The van der Waals surface area contributed by atoms with Crippen LogP contribution in [0.25, 0.3) is 0 Å². The summed E-state index contributed by atoms with van der Waals surface area (Å²) in [6, 6.07) is 22.0. The smallest absolute Gasteiger partial charge is 0.264 e. The van der Waals surface area contributed by atoms with E-state index in [-0.39, 0.29) is 23.5 Å². The highest BCUT2D eigenvalue weighted by molar-refractivity contribution is 7.92. The van der Waals surface area contributed by atoms with Crippen molar-refractivity contribution in [3.8, 4) is 5.75 Å². The highest BCUT2D eigenvalue weighted by Crippen LogP contribution is 2.26. The first-order valence-corrected chi connectivity index (χ1v) is 14.2. The van der Waals surface area contributed by atoms with Crippen LogP contribution in [-0.2, 0) is 21.2 Å². The molecule has 6 nitrogen and oxygen atoms in total. The summed E-state index contributed by atoms with van der Waals surface area (Å²) in [6.07, 6.45) is 1.66. The molecule has 0 aliphatic heterocycles. The van der Waals surface area contributed by atoms with Gasteiger partial charge in [-0.1, -0.05) is 55.8 Å². The van der Waals surface area contributed by atoms with Crippen LogP contribution in [0.5, 0.6) is 5.75 Å². The van der Waals surface area contributed by atoms with E-state index < -0.39 is 10.0 Å². The summed E-state index contributed by atoms with van der Waals surface area (Å²) in [4.78, 5) is 13.0. The second-order valence-electron chi connectivity index (χ2n) is 9.84. The monoisotopic (exact) mass is 522 g/mol. The fraction of sp³-hybridized carbons (Fsp3) is 0.367. The van der Waals surface area contributed by atoms with Gasteiger partial charge in [-0.2, -0.15) is 0 Å². The lowest BCUT2D eigenvalue weighted by atomic mass is 10.0. The van der Waals surface area contributed by atoms with E-state index in [4.69, 9.17) is 4.74 Å². The maximum atomic E-state index is 13.5. The number of nitrogens with one attached hydrogen (secondary N) is 1. The Balaban J connectivity index is 1.66. The van der Waals surface area contributed by atoms with Crippen molar-refractivity contribution in [1.82, 2.24) is 5.32 Å². The predicted octanol–water partition coefficient (Wildman–Crippen LogP) is 5.85. The molecule has 0 saturated carbocycles. The van der Waals surface area contributed by atoms with E-state index in [1.807, 2.05) is 57.2 Å². The molecule has 3 aromatic carbocycles. The van der Waals surface area contributed by atoms with Crippen LogP contribution in [0, 0.1) is 6.92 Å². The fourth-order valence-corrected chi connectivity index (χ4v) is 5.31. The van der Waals surface area contributed by atoms with Crippen molar-refractivity contribution in [3.05, 3.63) is 89.5 Å². The van der Waals surface area contributed by atoms with E-state index in [1.165, 1.54) is 4.31 Å². The highest BCUT2D eigenvalue weighted by Gasteiger charge is 2.27. The van der Waals surface area contributed by atoms with Gasteiger partial charge in [0.2, 0.25) is 5.91 Å². The SMILES string of the molecule is Cc1ccc(S(=O)(=O)N(CC(=O)NCCCc2ccc(OC(C)C)cc2)c2ccc(C(C)C)cc2)cc1. The molecule has 0 aliphatic rings. The number of benzene rings is 3. The van der Waals surface area contributed by atoms with Crippen LogP contribution in [0.3, 0.4) is 0 Å². The molecule has 0 unspecified atom stereocenters. The van der Waals surface area contributed by atoms with Crippen molar-refractivity contribution in [1.29, 1.82) is 0 Å². The van der Waals surface area contributed by atoms with Crippen molar-refractivity contribution < 1.29 is 17.9 Å². The molecular formula is C30H38N2O4S. The van der Waals surface area contributed by atoms with Crippen molar-refractivity contribution in [3.63, 3.8) is 0 Å². The molecule has 0 atom stereocenters. The van der Waals surface area contributed by atoms with Gasteiger partial charge in [-0.25, -0.2) is 8.42 Å². The minimum atomic E-state index is -3.92. The van der Waals surface area contributed by atoms with E-state index in [9.17, 15) is 13.2 Å². The Hall–Kier alpha value is -3.32. The number of carbonyl (C=O) groups excluding carboxylic acids is 1. The van der Waals surface area contributed by atoms with Gasteiger partial charge in [0.05, 0.1) is 16.7 Å². The maximum absolute atomic E-state index is 13.5. The zero-order chi connectivity index (χ0) is 27.0. The van der Waals surface area contributed by atoms with Gasteiger partial charge in [0.25, 0.3) is 10.0 Å². The third kappa shape index (κ3) is 8.09. The molecule has 0 aromatic heterocycles. The molecule has 0 fully saturated rings. The van der Waals surface area contributed by atoms with Crippen LogP contribution in [0.2, 0.25) is 0 Å². The van der Waals surface area contributed by atoms with Crippen molar-refractivity contribution in [2.75, 3.05) is 17.4 Å². The van der Waals surface area contributed by atoms with E-state index in [2.05, 4.69) is 19.2 Å². The highest BCUT2D eigenvalue weighted by atomic mass is 32.2. The van der Waals surface area contributed by atoms with Crippen LogP contribution in [0.4, 0.5) is 5.69 Å². The zero-order valence-electron chi connectivity index (χ0n) is 22.4. The summed E-state index contributed by atoms with van der Waals surface area (Å²) >= 11 is 0. The number of anilines is 1. The molecule has 0 radical (unpaired) electrons.